The van der Waals surface area contributed by atoms with Crippen LogP contribution in [0.15, 0.2) is 0 Å². The molecule has 0 aromatic heterocycles. The standard InChI is InChI=1S/C12H24NO2/c1-10-5-7-11(8-6-10)15-12(14)9-13(2,3)4/h10-11H,5-9H2,1-4H3/q+1. The van der Waals surface area contributed by atoms with Crippen molar-refractivity contribution >= 4 is 5.97 Å². The van der Waals surface area contributed by atoms with Gasteiger partial charge in [0.1, 0.15) is 6.10 Å². The Hall–Kier alpha value is -0.570. The van der Waals surface area contributed by atoms with E-state index in [0.717, 1.165) is 18.8 Å². The first kappa shape index (κ1) is 12.5. The van der Waals surface area contributed by atoms with Crippen LogP contribution in [-0.4, -0.2) is 44.2 Å². The van der Waals surface area contributed by atoms with Gasteiger partial charge in [0.15, 0.2) is 6.54 Å². The Labute approximate surface area is 93.0 Å². The van der Waals surface area contributed by atoms with Crippen molar-refractivity contribution in [1.82, 2.24) is 0 Å². The molecule has 3 nitrogen and oxygen atoms in total. The van der Waals surface area contributed by atoms with Crippen LogP contribution in [0.5, 0.6) is 0 Å². The molecule has 3 heteroatoms. The monoisotopic (exact) mass is 214 g/mol. The van der Waals surface area contributed by atoms with E-state index in [9.17, 15) is 4.79 Å². The molecule has 0 radical (unpaired) electrons. The van der Waals surface area contributed by atoms with Crippen molar-refractivity contribution in [2.45, 2.75) is 38.7 Å². The third kappa shape index (κ3) is 5.17. The number of quaternary nitrogens is 1. The van der Waals surface area contributed by atoms with Crippen molar-refractivity contribution in [3.63, 3.8) is 0 Å². The van der Waals surface area contributed by atoms with E-state index in [0.29, 0.717) is 11.0 Å². The molecule has 0 spiro atoms. The van der Waals surface area contributed by atoms with E-state index in [-0.39, 0.29) is 12.1 Å². The van der Waals surface area contributed by atoms with Crippen LogP contribution in [0.3, 0.4) is 0 Å². The van der Waals surface area contributed by atoms with E-state index >= 15 is 0 Å². The summed E-state index contributed by atoms with van der Waals surface area (Å²) in [6.07, 6.45) is 4.67. The second-order valence-corrected chi connectivity index (χ2v) is 5.82. The molecule has 1 aliphatic carbocycles. The SMILES string of the molecule is CC1CCC(OC(=O)C[N+](C)(C)C)CC1. The molecule has 0 aliphatic heterocycles. The van der Waals surface area contributed by atoms with Crippen LogP contribution in [0.2, 0.25) is 0 Å². The van der Waals surface area contributed by atoms with Crippen LogP contribution < -0.4 is 0 Å². The zero-order chi connectivity index (χ0) is 11.5. The molecule has 0 atom stereocenters. The van der Waals surface area contributed by atoms with E-state index in [2.05, 4.69) is 6.92 Å². The normalized spacial score (nSPS) is 27.5. The second-order valence-electron chi connectivity index (χ2n) is 5.82. The van der Waals surface area contributed by atoms with Crippen LogP contribution >= 0.6 is 0 Å². The highest BCUT2D eigenvalue weighted by Gasteiger charge is 2.23. The third-order valence-electron chi connectivity index (χ3n) is 2.86. The molecule has 0 heterocycles. The zero-order valence-corrected chi connectivity index (χ0v) is 10.5. The average Bonchev–Trinajstić information content (AvgIpc) is 2.05. The molecule has 0 aromatic rings. The van der Waals surface area contributed by atoms with Crippen molar-refractivity contribution in [2.24, 2.45) is 5.92 Å². The van der Waals surface area contributed by atoms with Gasteiger partial charge in [0.05, 0.1) is 21.1 Å². The molecule has 0 N–H and O–H groups in total. The number of hydrogen-bond acceptors (Lipinski definition) is 2. The summed E-state index contributed by atoms with van der Waals surface area (Å²) < 4.78 is 6.10. The molecule has 0 amide bonds. The maximum Gasteiger partial charge on any atom is 0.362 e. The van der Waals surface area contributed by atoms with Crippen LogP contribution in [0.4, 0.5) is 0 Å². The fourth-order valence-electron chi connectivity index (χ4n) is 1.96. The number of hydrogen-bond donors (Lipinski definition) is 0. The van der Waals surface area contributed by atoms with Crippen molar-refractivity contribution in [1.29, 1.82) is 0 Å². The first-order valence-corrected chi connectivity index (χ1v) is 5.87. The minimum Gasteiger partial charge on any atom is -0.458 e. The van der Waals surface area contributed by atoms with Crippen molar-refractivity contribution in [3.05, 3.63) is 0 Å². The van der Waals surface area contributed by atoms with Gasteiger partial charge in [-0.25, -0.2) is 4.79 Å². The Morgan fingerprint density at radius 1 is 1.20 bits per heavy atom. The highest BCUT2D eigenvalue weighted by Crippen LogP contribution is 2.25. The Morgan fingerprint density at radius 3 is 2.20 bits per heavy atom. The highest BCUT2D eigenvalue weighted by atomic mass is 16.5. The predicted octanol–water partition coefficient (Wildman–Crippen LogP) is 1.81. The molecular formula is C12H24NO2+. The molecule has 0 unspecified atom stereocenters. The van der Waals surface area contributed by atoms with E-state index in [1.54, 1.807) is 0 Å². The van der Waals surface area contributed by atoms with Crippen LogP contribution in [0, 0.1) is 5.92 Å². The summed E-state index contributed by atoms with van der Waals surface area (Å²) in [7, 11) is 6.01. The molecule has 0 aromatic carbocycles. The Bertz CT molecular complexity index is 212. The fraction of sp³-hybridized carbons (Fsp3) is 0.917. The first-order valence-electron chi connectivity index (χ1n) is 5.87. The smallest absolute Gasteiger partial charge is 0.362 e. The minimum absolute atomic E-state index is 0.0537. The lowest BCUT2D eigenvalue weighted by Gasteiger charge is -2.28. The van der Waals surface area contributed by atoms with Gasteiger partial charge in [-0.05, 0) is 31.6 Å². The summed E-state index contributed by atoms with van der Waals surface area (Å²) >= 11 is 0. The maximum atomic E-state index is 11.6. The topological polar surface area (TPSA) is 26.3 Å². The lowest BCUT2D eigenvalue weighted by molar-refractivity contribution is -0.862. The molecular weight excluding hydrogens is 190 g/mol. The molecule has 0 saturated heterocycles. The number of carbonyl (C=O) groups excluding carboxylic acids is 1. The van der Waals surface area contributed by atoms with Gasteiger partial charge in [-0.2, -0.15) is 0 Å². The predicted molar refractivity (Wildman–Crippen MR) is 60.4 cm³/mol. The third-order valence-corrected chi connectivity index (χ3v) is 2.86. The molecule has 1 fully saturated rings. The highest BCUT2D eigenvalue weighted by molar-refractivity contribution is 5.70. The number of carbonyl (C=O) groups is 1. The Morgan fingerprint density at radius 2 is 1.73 bits per heavy atom. The van der Waals surface area contributed by atoms with Gasteiger partial charge in [-0.3, -0.25) is 0 Å². The van der Waals surface area contributed by atoms with E-state index in [1.165, 1.54) is 12.8 Å². The molecule has 1 rings (SSSR count). The quantitative estimate of drug-likeness (QED) is 0.529. The number of ether oxygens (including phenoxy) is 1. The Kier molecular flexibility index (Phi) is 4.14. The first-order chi connectivity index (χ1) is 6.87. The average molecular weight is 214 g/mol. The summed E-state index contributed by atoms with van der Waals surface area (Å²) in [6.45, 7) is 2.73. The van der Waals surface area contributed by atoms with Gasteiger partial charge in [0.25, 0.3) is 0 Å². The van der Waals surface area contributed by atoms with Gasteiger partial charge in [-0.1, -0.05) is 6.92 Å². The number of esters is 1. The van der Waals surface area contributed by atoms with Gasteiger partial charge >= 0.3 is 5.97 Å². The van der Waals surface area contributed by atoms with Crippen molar-refractivity contribution < 1.29 is 14.0 Å². The van der Waals surface area contributed by atoms with Crippen LogP contribution in [0.25, 0.3) is 0 Å². The van der Waals surface area contributed by atoms with E-state index < -0.39 is 0 Å². The van der Waals surface area contributed by atoms with Gasteiger partial charge in [-0.15, -0.1) is 0 Å². The van der Waals surface area contributed by atoms with Crippen LogP contribution in [0.1, 0.15) is 32.6 Å². The van der Waals surface area contributed by atoms with E-state index in [4.69, 9.17) is 4.74 Å². The fourth-order valence-corrected chi connectivity index (χ4v) is 1.96. The van der Waals surface area contributed by atoms with Crippen molar-refractivity contribution in [3.8, 4) is 0 Å². The van der Waals surface area contributed by atoms with Gasteiger partial charge < -0.3 is 9.22 Å². The molecule has 88 valence electrons. The zero-order valence-electron chi connectivity index (χ0n) is 10.5. The summed E-state index contributed by atoms with van der Waals surface area (Å²) in [5, 5.41) is 0. The largest absolute Gasteiger partial charge is 0.458 e. The molecule has 0 bridgehead atoms. The summed E-state index contributed by atoms with van der Waals surface area (Å²) in [4.78, 5) is 11.6. The van der Waals surface area contributed by atoms with Gasteiger partial charge in [0.2, 0.25) is 0 Å². The molecule has 15 heavy (non-hydrogen) atoms. The second kappa shape index (κ2) is 4.97. The lowest BCUT2D eigenvalue weighted by atomic mass is 9.89. The molecule has 1 aliphatic rings. The number of rotatable bonds is 3. The lowest BCUT2D eigenvalue weighted by Crippen LogP contribution is -2.41. The van der Waals surface area contributed by atoms with E-state index in [1.807, 2.05) is 21.1 Å². The van der Waals surface area contributed by atoms with Gasteiger partial charge in [0, 0.05) is 0 Å². The summed E-state index contributed by atoms with van der Waals surface area (Å²) in [5.41, 5.74) is 0. The van der Waals surface area contributed by atoms with Crippen molar-refractivity contribution in [2.75, 3.05) is 27.7 Å². The maximum absolute atomic E-state index is 11.6. The summed E-state index contributed by atoms with van der Waals surface area (Å²) in [6, 6.07) is 0. The van der Waals surface area contributed by atoms with Crippen LogP contribution in [-0.2, 0) is 9.53 Å². The minimum atomic E-state index is -0.0537. The Balaban J connectivity index is 2.27. The number of likely N-dealkylation sites (N-methyl/N-ethyl adjacent to an activating group) is 1. The summed E-state index contributed by atoms with van der Waals surface area (Å²) in [5.74, 6) is 0.750. The molecule has 1 saturated carbocycles. The number of nitrogens with zero attached hydrogens (tertiary/aromatic N) is 1.